The summed E-state index contributed by atoms with van der Waals surface area (Å²) >= 11 is 0. The van der Waals surface area contributed by atoms with Crippen LogP contribution in [0.25, 0.3) is 0 Å². The van der Waals surface area contributed by atoms with E-state index in [2.05, 4.69) is 24.5 Å². The highest BCUT2D eigenvalue weighted by molar-refractivity contribution is 5.77. The molecular weight excluding hydrogens is 348 g/mol. The van der Waals surface area contributed by atoms with Crippen molar-refractivity contribution in [3.63, 3.8) is 0 Å². The molecule has 0 aliphatic rings. The van der Waals surface area contributed by atoms with Crippen LogP contribution in [0.15, 0.2) is 24.3 Å². The van der Waals surface area contributed by atoms with Crippen molar-refractivity contribution in [1.82, 2.24) is 10.6 Å². The van der Waals surface area contributed by atoms with Gasteiger partial charge in [-0.15, -0.1) is 0 Å². The first-order chi connectivity index (χ1) is 12.6. The molecule has 2 amide bonds. The molecule has 152 valence electrons. The summed E-state index contributed by atoms with van der Waals surface area (Å²) in [5.74, 6) is 1.14. The lowest BCUT2D eigenvalue weighted by Crippen LogP contribution is -2.46. The highest BCUT2D eigenvalue weighted by Crippen LogP contribution is 2.25. The molecule has 1 rings (SSSR count). The Bertz CT molecular complexity index is 611. The van der Waals surface area contributed by atoms with E-state index in [1.165, 1.54) is 0 Å². The monoisotopic (exact) mass is 380 g/mol. The highest BCUT2D eigenvalue weighted by atomic mass is 16.6. The second-order valence-corrected chi connectivity index (χ2v) is 7.72. The summed E-state index contributed by atoms with van der Waals surface area (Å²) in [5.41, 5.74) is -0.571. The predicted molar refractivity (Wildman–Crippen MR) is 104 cm³/mol. The van der Waals surface area contributed by atoms with Gasteiger partial charge in [-0.05, 0) is 45.2 Å². The first kappa shape index (κ1) is 22.6. The molecule has 27 heavy (non-hydrogen) atoms. The summed E-state index contributed by atoms with van der Waals surface area (Å²) in [4.78, 5) is 24.1. The number of carbonyl (C=O) groups excluding carboxylic acids is 2. The van der Waals surface area contributed by atoms with Crippen LogP contribution in [0.1, 0.15) is 41.0 Å². The molecule has 0 saturated carbocycles. The standard InChI is InChI=1S/C20H32N2O5/c1-14(2)11-15(22-19(24)27-20(3,4)5)12-21-18(23)13-26-17-10-8-7-9-16(17)25-6/h7-10,14-15H,11-13H2,1-6H3,(H,21,23)(H,22,24)/t15-/m0/s1. The highest BCUT2D eigenvalue weighted by Gasteiger charge is 2.20. The Labute approximate surface area is 161 Å². The van der Waals surface area contributed by atoms with Crippen LogP contribution in [-0.4, -0.2) is 43.9 Å². The summed E-state index contributed by atoms with van der Waals surface area (Å²) in [5, 5.41) is 5.60. The smallest absolute Gasteiger partial charge is 0.407 e. The van der Waals surface area contributed by atoms with Crippen molar-refractivity contribution in [2.75, 3.05) is 20.3 Å². The summed E-state index contributed by atoms with van der Waals surface area (Å²) in [6.07, 6.45) is 0.222. The van der Waals surface area contributed by atoms with Gasteiger partial charge in [0.15, 0.2) is 18.1 Å². The lowest BCUT2D eigenvalue weighted by Gasteiger charge is -2.25. The van der Waals surface area contributed by atoms with Crippen molar-refractivity contribution >= 4 is 12.0 Å². The molecule has 0 aliphatic heterocycles. The van der Waals surface area contributed by atoms with Crippen LogP contribution < -0.4 is 20.1 Å². The molecule has 0 unspecified atom stereocenters. The molecule has 1 aromatic carbocycles. The second-order valence-electron chi connectivity index (χ2n) is 7.72. The maximum Gasteiger partial charge on any atom is 0.407 e. The quantitative estimate of drug-likeness (QED) is 0.687. The van der Waals surface area contributed by atoms with Crippen molar-refractivity contribution in [2.45, 2.75) is 52.7 Å². The van der Waals surface area contributed by atoms with Crippen LogP contribution in [0.5, 0.6) is 11.5 Å². The fraction of sp³-hybridized carbons (Fsp3) is 0.600. The van der Waals surface area contributed by atoms with E-state index in [1.807, 2.05) is 6.07 Å². The predicted octanol–water partition coefficient (Wildman–Crippen LogP) is 3.13. The number of hydrogen-bond acceptors (Lipinski definition) is 5. The largest absolute Gasteiger partial charge is 0.493 e. The van der Waals surface area contributed by atoms with Crippen molar-refractivity contribution in [3.8, 4) is 11.5 Å². The molecule has 0 aliphatic carbocycles. The van der Waals surface area contributed by atoms with Crippen LogP contribution in [0.3, 0.4) is 0 Å². The number of carbonyl (C=O) groups is 2. The Hall–Kier alpha value is -2.44. The zero-order chi connectivity index (χ0) is 20.4. The molecule has 0 fully saturated rings. The number of rotatable bonds is 9. The third-order valence-electron chi connectivity index (χ3n) is 3.45. The van der Waals surface area contributed by atoms with Crippen molar-refractivity contribution < 1.29 is 23.8 Å². The molecule has 0 radical (unpaired) electrons. The third kappa shape index (κ3) is 9.72. The summed E-state index contributed by atoms with van der Waals surface area (Å²) in [6, 6.07) is 6.90. The van der Waals surface area contributed by atoms with Crippen LogP contribution in [0.2, 0.25) is 0 Å². The third-order valence-corrected chi connectivity index (χ3v) is 3.45. The van der Waals surface area contributed by atoms with Crippen molar-refractivity contribution in [3.05, 3.63) is 24.3 Å². The van der Waals surface area contributed by atoms with Gasteiger partial charge in [0.2, 0.25) is 0 Å². The number of benzene rings is 1. The van der Waals surface area contributed by atoms with Gasteiger partial charge in [0, 0.05) is 12.6 Å². The lowest BCUT2D eigenvalue weighted by molar-refractivity contribution is -0.123. The molecule has 0 aromatic heterocycles. The Kier molecular flexibility index (Phi) is 8.91. The van der Waals surface area contributed by atoms with Crippen LogP contribution in [-0.2, 0) is 9.53 Å². The number of para-hydroxylation sites is 2. The van der Waals surface area contributed by atoms with E-state index in [-0.39, 0.29) is 18.6 Å². The summed E-state index contributed by atoms with van der Waals surface area (Å²) < 4.78 is 16.0. The maximum atomic E-state index is 12.1. The topological polar surface area (TPSA) is 85.9 Å². The Morgan fingerprint density at radius 1 is 1.11 bits per heavy atom. The molecule has 0 heterocycles. The van der Waals surface area contributed by atoms with Gasteiger partial charge in [0.25, 0.3) is 5.91 Å². The Balaban J connectivity index is 2.51. The number of amides is 2. The van der Waals surface area contributed by atoms with Gasteiger partial charge in [0.05, 0.1) is 7.11 Å². The number of nitrogens with one attached hydrogen (secondary N) is 2. The Morgan fingerprint density at radius 2 is 1.74 bits per heavy atom. The minimum absolute atomic E-state index is 0.138. The lowest BCUT2D eigenvalue weighted by atomic mass is 10.0. The van der Waals surface area contributed by atoms with E-state index in [0.717, 1.165) is 0 Å². The zero-order valence-electron chi connectivity index (χ0n) is 17.1. The SMILES string of the molecule is COc1ccccc1OCC(=O)NC[C@H](CC(C)C)NC(=O)OC(C)(C)C. The van der Waals surface area contributed by atoms with E-state index in [0.29, 0.717) is 30.4 Å². The first-order valence-electron chi connectivity index (χ1n) is 9.12. The molecule has 0 saturated heterocycles. The molecule has 1 aromatic rings. The number of hydrogen-bond donors (Lipinski definition) is 2. The molecule has 2 N–H and O–H groups in total. The molecule has 1 atom stereocenters. The average Bonchev–Trinajstić information content (AvgIpc) is 2.55. The minimum atomic E-state index is -0.571. The molecular formula is C20H32N2O5. The Morgan fingerprint density at radius 3 is 2.30 bits per heavy atom. The van der Waals surface area contributed by atoms with Crippen LogP contribution in [0, 0.1) is 5.92 Å². The van der Waals surface area contributed by atoms with Crippen LogP contribution in [0.4, 0.5) is 4.79 Å². The van der Waals surface area contributed by atoms with E-state index in [9.17, 15) is 9.59 Å². The maximum absolute atomic E-state index is 12.1. The zero-order valence-corrected chi connectivity index (χ0v) is 17.1. The van der Waals surface area contributed by atoms with Gasteiger partial charge in [-0.2, -0.15) is 0 Å². The number of ether oxygens (including phenoxy) is 3. The van der Waals surface area contributed by atoms with E-state index in [1.54, 1.807) is 46.1 Å². The fourth-order valence-electron chi connectivity index (χ4n) is 2.41. The van der Waals surface area contributed by atoms with E-state index >= 15 is 0 Å². The average molecular weight is 380 g/mol. The first-order valence-corrected chi connectivity index (χ1v) is 9.12. The van der Waals surface area contributed by atoms with Crippen LogP contribution >= 0.6 is 0 Å². The number of methoxy groups -OCH3 is 1. The van der Waals surface area contributed by atoms with E-state index < -0.39 is 11.7 Å². The summed E-state index contributed by atoms with van der Waals surface area (Å²) in [6.45, 7) is 9.68. The molecule has 7 heteroatoms. The van der Waals surface area contributed by atoms with Gasteiger partial charge in [-0.3, -0.25) is 4.79 Å². The minimum Gasteiger partial charge on any atom is -0.493 e. The second kappa shape index (κ2) is 10.6. The summed E-state index contributed by atoms with van der Waals surface area (Å²) in [7, 11) is 1.54. The van der Waals surface area contributed by atoms with Crippen molar-refractivity contribution in [2.24, 2.45) is 5.92 Å². The molecule has 0 bridgehead atoms. The van der Waals surface area contributed by atoms with Gasteiger partial charge in [-0.25, -0.2) is 4.79 Å². The van der Waals surface area contributed by atoms with Gasteiger partial charge in [0.1, 0.15) is 5.60 Å². The van der Waals surface area contributed by atoms with Gasteiger partial charge in [-0.1, -0.05) is 26.0 Å². The van der Waals surface area contributed by atoms with Gasteiger partial charge < -0.3 is 24.8 Å². The normalized spacial score (nSPS) is 12.3. The number of alkyl carbamates (subject to hydrolysis) is 1. The van der Waals surface area contributed by atoms with E-state index in [4.69, 9.17) is 14.2 Å². The molecule has 0 spiro atoms. The molecule has 7 nitrogen and oxygen atoms in total. The van der Waals surface area contributed by atoms with Crippen molar-refractivity contribution in [1.29, 1.82) is 0 Å². The fourth-order valence-corrected chi connectivity index (χ4v) is 2.41. The van der Waals surface area contributed by atoms with Gasteiger partial charge >= 0.3 is 6.09 Å².